The van der Waals surface area contributed by atoms with Crippen LogP contribution in [-0.4, -0.2) is 24.8 Å². The molecule has 1 fully saturated rings. The van der Waals surface area contributed by atoms with Crippen LogP contribution in [0.5, 0.6) is 0 Å². The maximum atomic E-state index is 5.71. The number of hydrogen-bond acceptors (Lipinski definition) is 2. The highest BCUT2D eigenvalue weighted by atomic mass is 79.9. The Morgan fingerprint density at radius 3 is 2.63 bits per heavy atom. The second kappa shape index (κ2) is 6.38. The highest BCUT2D eigenvalue weighted by molar-refractivity contribution is 9.10. The number of halogens is 1. The van der Waals surface area contributed by atoms with Crippen molar-refractivity contribution in [2.75, 3.05) is 13.2 Å². The van der Waals surface area contributed by atoms with E-state index in [0.717, 1.165) is 13.2 Å². The van der Waals surface area contributed by atoms with E-state index in [1.54, 1.807) is 0 Å². The third kappa shape index (κ3) is 4.04. The van der Waals surface area contributed by atoms with Crippen LogP contribution in [-0.2, 0) is 4.74 Å². The van der Waals surface area contributed by atoms with Crippen molar-refractivity contribution in [2.45, 2.75) is 51.2 Å². The largest absolute Gasteiger partial charge is 0.375 e. The summed E-state index contributed by atoms with van der Waals surface area (Å²) in [5.74, 6) is 0.697. The van der Waals surface area contributed by atoms with Crippen molar-refractivity contribution < 1.29 is 4.74 Å². The predicted molar refractivity (Wildman–Crippen MR) is 83.6 cm³/mol. The molecule has 0 spiro atoms. The lowest BCUT2D eigenvalue weighted by Gasteiger charge is -2.39. The Morgan fingerprint density at radius 2 is 2.00 bits per heavy atom. The third-order valence-corrected chi connectivity index (χ3v) is 4.56. The van der Waals surface area contributed by atoms with Crippen LogP contribution in [0.15, 0.2) is 28.7 Å². The van der Waals surface area contributed by atoms with Gasteiger partial charge in [0.1, 0.15) is 0 Å². The molecule has 3 heteroatoms. The average molecular weight is 326 g/mol. The van der Waals surface area contributed by atoms with Gasteiger partial charge in [0, 0.05) is 23.7 Å². The van der Waals surface area contributed by atoms with Crippen LogP contribution in [0.4, 0.5) is 0 Å². The summed E-state index contributed by atoms with van der Waals surface area (Å²) in [7, 11) is 0. The Kier molecular flexibility index (Phi) is 5.04. The molecule has 0 radical (unpaired) electrons. The second-order valence-electron chi connectivity index (χ2n) is 5.96. The molecule has 2 rings (SSSR count). The fourth-order valence-corrected chi connectivity index (χ4v) is 3.29. The lowest BCUT2D eigenvalue weighted by Crippen LogP contribution is -2.47. The fraction of sp³-hybridized carbons (Fsp3) is 0.625. The Balaban J connectivity index is 1.77. The molecule has 0 atom stereocenters. The van der Waals surface area contributed by atoms with E-state index >= 15 is 0 Å². The van der Waals surface area contributed by atoms with Gasteiger partial charge in [-0.2, -0.15) is 0 Å². The monoisotopic (exact) mass is 325 g/mol. The van der Waals surface area contributed by atoms with Crippen LogP contribution in [0.3, 0.4) is 0 Å². The van der Waals surface area contributed by atoms with Crippen LogP contribution < -0.4 is 5.32 Å². The van der Waals surface area contributed by atoms with Crippen molar-refractivity contribution in [2.24, 2.45) is 0 Å². The summed E-state index contributed by atoms with van der Waals surface area (Å²) in [5.41, 5.74) is 1.39. The molecule has 1 aliphatic carbocycles. The second-order valence-corrected chi connectivity index (χ2v) is 6.81. The summed E-state index contributed by atoms with van der Waals surface area (Å²) in [6.45, 7) is 8.04. The first-order chi connectivity index (χ1) is 9.02. The van der Waals surface area contributed by atoms with Gasteiger partial charge in [0.15, 0.2) is 0 Å². The minimum absolute atomic E-state index is 0.0623. The Morgan fingerprint density at radius 1 is 1.32 bits per heavy atom. The Bertz CT molecular complexity index is 413. The average Bonchev–Trinajstić information content (AvgIpc) is 2.29. The summed E-state index contributed by atoms with van der Waals surface area (Å²) in [6, 6.07) is 9.20. The van der Waals surface area contributed by atoms with E-state index in [0.29, 0.717) is 12.0 Å². The van der Waals surface area contributed by atoms with Crippen LogP contribution >= 0.6 is 15.9 Å². The molecule has 0 amide bonds. The topological polar surface area (TPSA) is 21.3 Å². The maximum Gasteiger partial charge on any atom is 0.0750 e. The van der Waals surface area contributed by atoms with E-state index in [-0.39, 0.29) is 5.60 Å². The van der Waals surface area contributed by atoms with Crippen molar-refractivity contribution in [3.8, 4) is 0 Å². The van der Waals surface area contributed by atoms with E-state index in [4.69, 9.17) is 4.74 Å². The van der Waals surface area contributed by atoms with E-state index in [1.165, 1.54) is 22.9 Å². The SMILES string of the molecule is CCOC(C)(C)CNC1CC(c2ccccc2Br)C1. The van der Waals surface area contributed by atoms with Crippen molar-refractivity contribution in [1.82, 2.24) is 5.32 Å². The Labute approximate surface area is 125 Å². The highest BCUT2D eigenvalue weighted by Gasteiger charge is 2.32. The van der Waals surface area contributed by atoms with E-state index in [2.05, 4.69) is 59.4 Å². The molecule has 2 nitrogen and oxygen atoms in total. The van der Waals surface area contributed by atoms with Gasteiger partial charge in [0.2, 0.25) is 0 Å². The molecule has 19 heavy (non-hydrogen) atoms. The molecular formula is C16H24BrNO. The number of nitrogens with one attached hydrogen (secondary N) is 1. The molecule has 0 unspecified atom stereocenters. The molecule has 1 aliphatic rings. The molecule has 1 aromatic carbocycles. The maximum absolute atomic E-state index is 5.71. The van der Waals surface area contributed by atoms with Crippen molar-refractivity contribution in [3.63, 3.8) is 0 Å². The number of hydrogen-bond donors (Lipinski definition) is 1. The number of ether oxygens (including phenoxy) is 1. The minimum Gasteiger partial charge on any atom is -0.375 e. The number of benzene rings is 1. The lowest BCUT2D eigenvalue weighted by molar-refractivity contribution is -0.0128. The normalized spacial score (nSPS) is 23.2. The smallest absolute Gasteiger partial charge is 0.0750 e. The van der Waals surface area contributed by atoms with Crippen LogP contribution in [0.1, 0.15) is 45.1 Å². The summed E-state index contributed by atoms with van der Waals surface area (Å²) in [6.07, 6.45) is 2.45. The van der Waals surface area contributed by atoms with Crippen LogP contribution in [0, 0.1) is 0 Å². The summed E-state index contributed by atoms with van der Waals surface area (Å²) < 4.78 is 6.95. The molecule has 1 N–H and O–H groups in total. The third-order valence-electron chi connectivity index (χ3n) is 3.83. The zero-order valence-electron chi connectivity index (χ0n) is 12.1. The zero-order valence-corrected chi connectivity index (χ0v) is 13.7. The Hall–Kier alpha value is -0.380. The van der Waals surface area contributed by atoms with E-state index in [1.807, 2.05) is 6.92 Å². The van der Waals surface area contributed by atoms with Gasteiger partial charge in [-0.15, -0.1) is 0 Å². The van der Waals surface area contributed by atoms with Crippen molar-refractivity contribution >= 4 is 15.9 Å². The molecule has 1 aromatic rings. The van der Waals surface area contributed by atoms with Gasteiger partial charge in [0.05, 0.1) is 5.60 Å². The molecule has 106 valence electrons. The first-order valence-corrected chi connectivity index (χ1v) is 7.93. The minimum atomic E-state index is -0.0623. The fourth-order valence-electron chi connectivity index (χ4n) is 2.68. The first kappa shape index (κ1) is 15.0. The molecule has 0 aromatic heterocycles. The summed E-state index contributed by atoms with van der Waals surface area (Å²) in [5, 5.41) is 3.62. The van der Waals surface area contributed by atoms with Crippen LogP contribution in [0.25, 0.3) is 0 Å². The van der Waals surface area contributed by atoms with E-state index < -0.39 is 0 Å². The van der Waals surface area contributed by atoms with Gasteiger partial charge in [-0.05, 0) is 51.2 Å². The van der Waals surface area contributed by atoms with Crippen molar-refractivity contribution in [1.29, 1.82) is 0 Å². The molecule has 0 saturated heterocycles. The quantitative estimate of drug-likeness (QED) is 0.850. The van der Waals surface area contributed by atoms with Gasteiger partial charge in [-0.1, -0.05) is 34.1 Å². The number of rotatable bonds is 6. The lowest BCUT2D eigenvalue weighted by atomic mass is 9.76. The first-order valence-electron chi connectivity index (χ1n) is 7.13. The van der Waals surface area contributed by atoms with Gasteiger partial charge in [0.25, 0.3) is 0 Å². The van der Waals surface area contributed by atoms with Crippen LogP contribution in [0.2, 0.25) is 0 Å². The highest BCUT2D eigenvalue weighted by Crippen LogP contribution is 2.40. The predicted octanol–water partition coefficient (Wildman–Crippen LogP) is 4.10. The van der Waals surface area contributed by atoms with E-state index in [9.17, 15) is 0 Å². The van der Waals surface area contributed by atoms with Gasteiger partial charge in [-0.3, -0.25) is 0 Å². The van der Waals surface area contributed by atoms with Crippen molar-refractivity contribution in [3.05, 3.63) is 34.3 Å². The molecule has 1 saturated carbocycles. The molecule has 0 aliphatic heterocycles. The zero-order chi connectivity index (χ0) is 13.9. The van der Waals surface area contributed by atoms with Gasteiger partial charge >= 0.3 is 0 Å². The summed E-state index contributed by atoms with van der Waals surface area (Å²) in [4.78, 5) is 0. The summed E-state index contributed by atoms with van der Waals surface area (Å²) >= 11 is 3.64. The molecular weight excluding hydrogens is 302 g/mol. The molecule has 0 bridgehead atoms. The standard InChI is InChI=1S/C16H24BrNO/c1-4-19-16(2,3)11-18-13-9-12(10-13)14-7-5-6-8-15(14)17/h5-8,12-13,18H,4,9-11H2,1-3H3. The van der Waals surface area contributed by atoms with Gasteiger partial charge < -0.3 is 10.1 Å². The van der Waals surface area contributed by atoms with Gasteiger partial charge in [-0.25, -0.2) is 0 Å². The molecule has 0 heterocycles.